The van der Waals surface area contributed by atoms with E-state index in [-0.39, 0.29) is 0 Å². The number of hydrogen-bond acceptors (Lipinski definition) is 2. The molecule has 5 heteroatoms. The lowest BCUT2D eigenvalue weighted by atomic mass is 9.95. The van der Waals surface area contributed by atoms with E-state index in [1.807, 2.05) is 24.7 Å². The Balaban J connectivity index is 1.99. The quantitative estimate of drug-likeness (QED) is 0.798. The summed E-state index contributed by atoms with van der Waals surface area (Å²) in [5, 5.41) is 4.18. The van der Waals surface area contributed by atoms with Crippen LogP contribution in [0.3, 0.4) is 0 Å². The maximum Gasteiger partial charge on any atom is 0.0994 e. The zero-order valence-corrected chi connectivity index (χ0v) is 13.4. The van der Waals surface area contributed by atoms with Gasteiger partial charge in [0.05, 0.1) is 12.0 Å². The molecular weight excluding hydrogens is 373 g/mol. The second-order valence-electron chi connectivity index (χ2n) is 4.81. The Labute approximate surface area is 131 Å². The molecule has 3 rings (SSSR count). The molecule has 3 nitrogen and oxygen atoms in total. The Morgan fingerprint density at radius 3 is 2.84 bits per heavy atom. The minimum Gasteiger partial charge on any atom is -0.317 e. The molecule has 1 saturated heterocycles. The molecular formula is C14H15ClIN3. The predicted molar refractivity (Wildman–Crippen MR) is 86.1 cm³/mol. The van der Waals surface area contributed by atoms with E-state index in [2.05, 4.69) is 43.5 Å². The molecule has 0 atom stereocenters. The van der Waals surface area contributed by atoms with Gasteiger partial charge in [-0.2, -0.15) is 0 Å². The standard InChI is InChI=1S/C14H15ClIN3/c15-11-1-2-13(12(16)7-11)19-9-18-8-14(19)10-3-5-17-6-4-10/h1-2,7-10,17H,3-6H2. The first-order valence-corrected chi connectivity index (χ1v) is 7.90. The second kappa shape index (κ2) is 5.81. The molecule has 1 aliphatic heterocycles. The average molecular weight is 388 g/mol. The molecule has 0 aliphatic carbocycles. The van der Waals surface area contributed by atoms with Gasteiger partial charge in [-0.1, -0.05) is 11.6 Å². The number of halogens is 2. The largest absolute Gasteiger partial charge is 0.317 e. The van der Waals surface area contributed by atoms with Gasteiger partial charge in [-0.3, -0.25) is 0 Å². The first kappa shape index (κ1) is 13.4. The molecule has 1 aromatic heterocycles. The number of nitrogens with one attached hydrogen (secondary N) is 1. The van der Waals surface area contributed by atoms with E-state index in [0.717, 1.165) is 27.4 Å². The molecule has 1 N–H and O–H groups in total. The highest BCUT2D eigenvalue weighted by Gasteiger charge is 2.20. The van der Waals surface area contributed by atoms with Crippen molar-refractivity contribution in [3.63, 3.8) is 0 Å². The van der Waals surface area contributed by atoms with Gasteiger partial charge < -0.3 is 9.88 Å². The van der Waals surface area contributed by atoms with Crippen molar-refractivity contribution in [1.29, 1.82) is 0 Å². The Bertz CT molecular complexity index is 576. The first-order valence-electron chi connectivity index (χ1n) is 6.44. The summed E-state index contributed by atoms with van der Waals surface area (Å²) in [6, 6.07) is 5.99. The third kappa shape index (κ3) is 2.80. The number of aromatic nitrogens is 2. The Hall–Kier alpha value is -0.590. The minimum absolute atomic E-state index is 0.593. The van der Waals surface area contributed by atoms with Gasteiger partial charge in [0.25, 0.3) is 0 Å². The lowest BCUT2D eigenvalue weighted by Gasteiger charge is -2.24. The first-order chi connectivity index (χ1) is 9.25. The number of nitrogens with zero attached hydrogens (tertiary/aromatic N) is 2. The van der Waals surface area contributed by atoms with Crippen LogP contribution in [0.1, 0.15) is 24.5 Å². The zero-order chi connectivity index (χ0) is 13.2. The highest BCUT2D eigenvalue weighted by Crippen LogP contribution is 2.29. The summed E-state index contributed by atoms with van der Waals surface area (Å²) in [6.45, 7) is 2.18. The maximum absolute atomic E-state index is 6.03. The molecule has 0 unspecified atom stereocenters. The molecule has 1 fully saturated rings. The fraction of sp³-hybridized carbons (Fsp3) is 0.357. The number of hydrogen-bond donors (Lipinski definition) is 1. The summed E-state index contributed by atoms with van der Waals surface area (Å²) < 4.78 is 3.35. The number of piperidine rings is 1. The van der Waals surface area contributed by atoms with Crippen molar-refractivity contribution in [1.82, 2.24) is 14.9 Å². The van der Waals surface area contributed by atoms with Crippen molar-refractivity contribution in [3.05, 3.63) is 45.0 Å². The number of benzene rings is 1. The fourth-order valence-corrected chi connectivity index (χ4v) is 3.73. The van der Waals surface area contributed by atoms with E-state index in [0.29, 0.717) is 5.92 Å². The van der Waals surface area contributed by atoms with E-state index in [9.17, 15) is 0 Å². The van der Waals surface area contributed by atoms with Crippen LogP contribution in [0.5, 0.6) is 0 Å². The topological polar surface area (TPSA) is 29.9 Å². The highest BCUT2D eigenvalue weighted by molar-refractivity contribution is 14.1. The van der Waals surface area contributed by atoms with Crippen LogP contribution in [-0.4, -0.2) is 22.6 Å². The Morgan fingerprint density at radius 1 is 1.32 bits per heavy atom. The van der Waals surface area contributed by atoms with E-state index in [4.69, 9.17) is 11.6 Å². The van der Waals surface area contributed by atoms with Gasteiger partial charge >= 0.3 is 0 Å². The van der Waals surface area contributed by atoms with Crippen molar-refractivity contribution < 1.29 is 0 Å². The molecule has 0 bridgehead atoms. The minimum atomic E-state index is 0.593. The molecule has 1 aromatic carbocycles. The van der Waals surface area contributed by atoms with Crippen molar-refractivity contribution >= 4 is 34.2 Å². The van der Waals surface area contributed by atoms with E-state index >= 15 is 0 Å². The van der Waals surface area contributed by atoms with Gasteiger partial charge in [-0.25, -0.2) is 4.98 Å². The van der Waals surface area contributed by atoms with Crippen LogP contribution < -0.4 is 5.32 Å². The van der Waals surface area contributed by atoms with Crippen molar-refractivity contribution in [2.24, 2.45) is 0 Å². The summed E-state index contributed by atoms with van der Waals surface area (Å²) in [7, 11) is 0. The van der Waals surface area contributed by atoms with Crippen LogP contribution in [0.25, 0.3) is 5.69 Å². The van der Waals surface area contributed by atoms with E-state index in [1.165, 1.54) is 18.5 Å². The third-order valence-electron chi connectivity index (χ3n) is 3.59. The van der Waals surface area contributed by atoms with Crippen LogP contribution in [0.2, 0.25) is 5.02 Å². The molecule has 0 amide bonds. The molecule has 1 aliphatic rings. The van der Waals surface area contributed by atoms with Gasteiger partial charge in [0.15, 0.2) is 0 Å². The molecule has 100 valence electrons. The van der Waals surface area contributed by atoms with Crippen LogP contribution in [0.15, 0.2) is 30.7 Å². The van der Waals surface area contributed by atoms with Crippen LogP contribution in [0.4, 0.5) is 0 Å². The van der Waals surface area contributed by atoms with E-state index in [1.54, 1.807) is 0 Å². The normalized spacial score (nSPS) is 16.7. The van der Waals surface area contributed by atoms with Crippen LogP contribution in [0, 0.1) is 3.57 Å². The van der Waals surface area contributed by atoms with Crippen molar-refractivity contribution in [2.75, 3.05) is 13.1 Å². The Morgan fingerprint density at radius 2 is 2.11 bits per heavy atom. The number of imidazole rings is 1. The second-order valence-corrected chi connectivity index (χ2v) is 6.41. The molecule has 0 spiro atoms. The Kier molecular flexibility index (Phi) is 4.10. The van der Waals surface area contributed by atoms with E-state index < -0.39 is 0 Å². The molecule has 2 heterocycles. The maximum atomic E-state index is 6.03. The predicted octanol–water partition coefficient (Wildman–Crippen LogP) is 3.60. The summed E-state index contributed by atoms with van der Waals surface area (Å²) >= 11 is 8.36. The molecule has 0 radical (unpaired) electrons. The van der Waals surface area contributed by atoms with Crippen molar-refractivity contribution in [2.45, 2.75) is 18.8 Å². The van der Waals surface area contributed by atoms with Gasteiger partial charge in [-0.05, 0) is 66.7 Å². The van der Waals surface area contributed by atoms with Gasteiger partial charge in [0, 0.05) is 26.4 Å². The SMILES string of the molecule is Clc1ccc(-n2cncc2C2CCNCC2)c(I)c1. The molecule has 19 heavy (non-hydrogen) atoms. The summed E-state index contributed by atoms with van der Waals surface area (Å²) in [5.74, 6) is 0.593. The van der Waals surface area contributed by atoms with Crippen LogP contribution in [-0.2, 0) is 0 Å². The van der Waals surface area contributed by atoms with Crippen LogP contribution >= 0.6 is 34.2 Å². The van der Waals surface area contributed by atoms with Gasteiger partial charge in [0.2, 0.25) is 0 Å². The van der Waals surface area contributed by atoms with Gasteiger partial charge in [-0.15, -0.1) is 0 Å². The summed E-state index contributed by atoms with van der Waals surface area (Å²) in [5.41, 5.74) is 2.47. The van der Waals surface area contributed by atoms with Gasteiger partial charge in [0.1, 0.15) is 0 Å². The zero-order valence-electron chi connectivity index (χ0n) is 10.4. The summed E-state index contributed by atoms with van der Waals surface area (Å²) in [4.78, 5) is 4.34. The lowest BCUT2D eigenvalue weighted by molar-refractivity contribution is 0.449. The molecule has 0 saturated carbocycles. The van der Waals surface area contributed by atoms with Crippen molar-refractivity contribution in [3.8, 4) is 5.69 Å². The summed E-state index contributed by atoms with van der Waals surface area (Å²) in [6.07, 6.45) is 6.26. The number of rotatable bonds is 2. The highest BCUT2D eigenvalue weighted by atomic mass is 127. The smallest absolute Gasteiger partial charge is 0.0994 e. The molecule has 2 aromatic rings. The average Bonchev–Trinajstić information content (AvgIpc) is 2.89. The fourth-order valence-electron chi connectivity index (χ4n) is 2.60. The monoisotopic (exact) mass is 387 g/mol. The lowest BCUT2D eigenvalue weighted by Crippen LogP contribution is -2.27. The third-order valence-corrected chi connectivity index (χ3v) is 4.69.